The van der Waals surface area contributed by atoms with Gasteiger partial charge in [0.15, 0.2) is 11.5 Å². The van der Waals surface area contributed by atoms with E-state index >= 15 is 0 Å². The molecule has 6 nitrogen and oxygen atoms in total. The highest BCUT2D eigenvalue weighted by atomic mass is 32.1. The summed E-state index contributed by atoms with van der Waals surface area (Å²) >= 11 is 1.67. The highest BCUT2D eigenvalue weighted by molar-refractivity contribution is 7.07. The second-order valence-corrected chi connectivity index (χ2v) is 7.18. The van der Waals surface area contributed by atoms with E-state index in [1.54, 1.807) is 17.4 Å². The maximum atomic E-state index is 12.1. The van der Waals surface area contributed by atoms with Crippen LogP contribution in [0.5, 0.6) is 0 Å². The Morgan fingerprint density at radius 1 is 1.35 bits per heavy atom. The van der Waals surface area contributed by atoms with Crippen LogP contribution in [-0.2, 0) is 22.7 Å². The predicted octanol–water partition coefficient (Wildman–Crippen LogP) is 3.32. The zero-order valence-electron chi connectivity index (χ0n) is 14.3. The van der Waals surface area contributed by atoms with E-state index in [4.69, 9.17) is 14.0 Å². The lowest BCUT2D eigenvalue weighted by Gasteiger charge is -2.07. The van der Waals surface area contributed by atoms with E-state index in [0.29, 0.717) is 31.4 Å². The SMILES string of the molecule is O=C(NCC1CCOC1)c1cc(COCc2ccc3csccc2-3)on1. The Morgan fingerprint density at radius 2 is 2.31 bits per heavy atom. The van der Waals surface area contributed by atoms with Gasteiger partial charge in [-0.25, -0.2) is 0 Å². The van der Waals surface area contributed by atoms with Crippen molar-refractivity contribution >= 4 is 17.2 Å². The molecule has 7 heteroatoms. The average Bonchev–Trinajstić information content (AvgIpc) is 3.41. The van der Waals surface area contributed by atoms with E-state index in [2.05, 4.69) is 39.4 Å². The largest absolute Gasteiger partial charge is 0.381 e. The van der Waals surface area contributed by atoms with Gasteiger partial charge in [0.05, 0.1) is 13.2 Å². The molecule has 0 saturated carbocycles. The van der Waals surface area contributed by atoms with Crippen LogP contribution in [0.25, 0.3) is 11.1 Å². The van der Waals surface area contributed by atoms with E-state index in [1.165, 1.54) is 11.1 Å². The minimum absolute atomic E-state index is 0.227. The molecule has 4 rings (SSSR count). The van der Waals surface area contributed by atoms with Gasteiger partial charge in [0.1, 0.15) is 6.61 Å². The molecule has 3 aliphatic rings. The normalized spacial score (nSPS) is 17.0. The van der Waals surface area contributed by atoms with Gasteiger partial charge in [0.2, 0.25) is 0 Å². The molecule has 1 fully saturated rings. The first kappa shape index (κ1) is 17.2. The number of nitrogens with one attached hydrogen (secondary N) is 1. The molecule has 1 amide bonds. The molecule has 0 radical (unpaired) electrons. The molecule has 1 atom stereocenters. The number of rotatable bonds is 7. The van der Waals surface area contributed by atoms with Crippen molar-refractivity contribution in [3.05, 3.63) is 52.0 Å². The van der Waals surface area contributed by atoms with Gasteiger partial charge in [0, 0.05) is 25.1 Å². The topological polar surface area (TPSA) is 73.6 Å². The molecule has 0 aromatic carbocycles. The maximum absolute atomic E-state index is 12.1. The molecule has 136 valence electrons. The van der Waals surface area contributed by atoms with Crippen molar-refractivity contribution in [2.24, 2.45) is 5.92 Å². The first-order valence-corrected chi connectivity index (χ1v) is 9.57. The lowest BCUT2D eigenvalue weighted by atomic mass is 10.1. The average molecular weight is 372 g/mol. The van der Waals surface area contributed by atoms with Gasteiger partial charge < -0.3 is 19.3 Å². The summed E-state index contributed by atoms with van der Waals surface area (Å²) in [5.41, 5.74) is 3.85. The summed E-state index contributed by atoms with van der Waals surface area (Å²) in [6, 6.07) is 7.90. The summed E-state index contributed by atoms with van der Waals surface area (Å²) in [7, 11) is 0. The number of hydrogen-bond donors (Lipinski definition) is 1. The zero-order valence-corrected chi connectivity index (χ0v) is 15.1. The van der Waals surface area contributed by atoms with Gasteiger partial charge >= 0.3 is 0 Å². The summed E-state index contributed by atoms with van der Waals surface area (Å²) in [5, 5.41) is 10.9. The Hall–Kier alpha value is -2.22. The van der Waals surface area contributed by atoms with Crippen LogP contribution in [0.1, 0.15) is 28.2 Å². The minimum atomic E-state index is -0.227. The van der Waals surface area contributed by atoms with Crippen LogP contribution >= 0.6 is 11.3 Å². The van der Waals surface area contributed by atoms with Crippen LogP contribution in [0.3, 0.4) is 0 Å². The summed E-state index contributed by atoms with van der Waals surface area (Å²) < 4.78 is 16.2. The van der Waals surface area contributed by atoms with E-state index in [1.807, 2.05) is 0 Å². The van der Waals surface area contributed by atoms with Gasteiger partial charge in [-0.05, 0) is 39.9 Å². The smallest absolute Gasteiger partial charge is 0.273 e. The van der Waals surface area contributed by atoms with E-state index in [-0.39, 0.29) is 18.2 Å². The highest BCUT2D eigenvalue weighted by Crippen LogP contribution is 2.29. The third kappa shape index (κ3) is 3.95. The molecule has 0 bridgehead atoms. The number of carbonyl (C=O) groups excluding carboxylic acids is 1. The molecule has 1 aromatic heterocycles. The van der Waals surface area contributed by atoms with Crippen LogP contribution in [0.4, 0.5) is 0 Å². The lowest BCUT2D eigenvalue weighted by molar-refractivity contribution is 0.0880. The molecular formula is C19H20N2O4S. The van der Waals surface area contributed by atoms with E-state index in [9.17, 15) is 4.79 Å². The van der Waals surface area contributed by atoms with Crippen molar-refractivity contribution in [3.63, 3.8) is 0 Å². The monoisotopic (exact) mass is 372 g/mol. The molecule has 1 saturated heterocycles. The van der Waals surface area contributed by atoms with Crippen molar-refractivity contribution in [2.45, 2.75) is 19.6 Å². The summed E-state index contributed by atoms with van der Waals surface area (Å²) in [5.74, 6) is 0.696. The Balaban J connectivity index is 1.26. The van der Waals surface area contributed by atoms with Gasteiger partial charge in [-0.1, -0.05) is 17.3 Å². The van der Waals surface area contributed by atoms with Crippen molar-refractivity contribution in [3.8, 4) is 11.1 Å². The third-order valence-corrected chi connectivity index (χ3v) is 5.18. The summed E-state index contributed by atoms with van der Waals surface area (Å²) in [6.45, 7) is 2.84. The van der Waals surface area contributed by atoms with Gasteiger partial charge in [-0.2, -0.15) is 11.3 Å². The van der Waals surface area contributed by atoms with Crippen molar-refractivity contribution < 1.29 is 18.8 Å². The summed E-state index contributed by atoms with van der Waals surface area (Å²) in [6.07, 6.45) is 0.981. The first-order chi connectivity index (χ1) is 12.8. The Morgan fingerprint density at radius 3 is 3.19 bits per heavy atom. The molecule has 2 aliphatic heterocycles. The molecule has 1 N–H and O–H groups in total. The molecule has 0 spiro atoms. The number of carbonyl (C=O) groups is 1. The third-order valence-electron chi connectivity index (χ3n) is 4.50. The first-order valence-electron chi connectivity index (χ1n) is 8.62. The number of nitrogens with zero attached hydrogens (tertiary/aromatic N) is 1. The predicted molar refractivity (Wildman–Crippen MR) is 97.2 cm³/mol. The molecule has 1 unspecified atom stereocenters. The fourth-order valence-corrected chi connectivity index (χ4v) is 3.67. The van der Waals surface area contributed by atoms with Crippen LogP contribution in [0.2, 0.25) is 0 Å². The zero-order chi connectivity index (χ0) is 17.8. The van der Waals surface area contributed by atoms with E-state index in [0.717, 1.165) is 18.6 Å². The van der Waals surface area contributed by atoms with Gasteiger partial charge in [-0.3, -0.25) is 4.79 Å². The molecule has 1 aromatic rings. The van der Waals surface area contributed by atoms with Crippen LogP contribution in [-0.4, -0.2) is 30.8 Å². The Labute approximate surface area is 155 Å². The van der Waals surface area contributed by atoms with E-state index < -0.39 is 0 Å². The maximum Gasteiger partial charge on any atom is 0.273 e. The van der Waals surface area contributed by atoms with Crippen molar-refractivity contribution in [1.29, 1.82) is 0 Å². The number of amides is 1. The molecule has 3 heterocycles. The number of hydrogen-bond acceptors (Lipinski definition) is 6. The molecule has 26 heavy (non-hydrogen) atoms. The van der Waals surface area contributed by atoms with Crippen molar-refractivity contribution in [1.82, 2.24) is 10.5 Å². The quantitative estimate of drug-likeness (QED) is 0.689. The van der Waals surface area contributed by atoms with Crippen LogP contribution in [0.15, 0.2) is 39.5 Å². The Kier molecular flexibility index (Phi) is 5.29. The lowest BCUT2D eigenvalue weighted by Crippen LogP contribution is -2.29. The van der Waals surface area contributed by atoms with Crippen LogP contribution in [0, 0.1) is 5.92 Å². The van der Waals surface area contributed by atoms with Crippen molar-refractivity contribution in [2.75, 3.05) is 19.8 Å². The second kappa shape index (κ2) is 7.99. The number of aromatic nitrogens is 1. The molecule has 1 aliphatic carbocycles. The fourth-order valence-electron chi connectivity index (χ4n) is 3.03. The van der Waals surface area contributed by atoms with Gasteiger partial charge in [0.25, 0.3) is 5.91 Å². The minimum Gasteiger partial charge on any atom is -0.381 e. The number of ether oxygens (including phenoxy) is 2. The standard InChI is InChI=1S/C19H20N2O4S/c22-19(20-8-13-3-5-23-9-13)18-7-16(25-21-18)11-24-10-14-1-2-15-12-26-6-4-17(14)15/h1-2,4,6-7,12-13H,3,5,8-11H2,(H,20,22). The number of fused-ring (bicyclic) bond motifs is 1. The fraction of sp³-hybridized carbons (Fsp3) is 0.368. The highest BCUT2D eigenvalue weighted by Gasteiger charge is 2.18. The summed E-state index contributed by atoms with van der Waals surface area (Å²) in [4.78, 5) is 12.1. The molecular weight excluding hydrogens is 352 g/mol. The second-order valence-electron chi connectivity index (χ2n) is 6.40. The van der Waals surface area contributed by atoms with Crippen LogP contribution < -0.4 is 5.32 Å². The Bertz CT molecular complexity index is 838. The van der Waals surface area contributed by atoms with Gasteiger partial charge in [-0.15, -0.1) is 0 Å².